The number of aromatic nitrogens is 3. The molecule has 0 saturated carbocycles. The van der Waals surface area contributed by atoms with Crippen molar-refractivity contribution in [1.82, 2.24) is 14.5 Å². The Morgan fingerprint density at radius 2 is 1.31 bits per heavy atom. The van der Waals surface area contributed by atoms with Gasteiger partial charge in [-0.25, -0.2) is 4.98 Å². The summed E-state index contributed by atoms with van der Waals surface area (Å²) in [7, 11) is 0. The fourth-order valence-corrected chi connectivity index (χ4v) is 7.32. The first-order chi connectivity index (χ1) is 25.6. The normalized spacial score (nSPS) is 12.7. The molecule has 0 aliphatic carbocycles. The second-order valence-corrected chi connectivity index (χ2v) is 17.6. The van der Waals surface area contributed by atoms with Crippen molar-refractivity contribution >= 4 is 22.9 Å². The van der Waals surface area contributed by atoms with Gasteiger partial charge in [0.2, 0.25) is 0 Å². The van der Waals surface area contributed by atoms with Gasteiger partial charge in [0.15, 0.2) is 0 Å². The number of para-hydroxylation sites is 1. The predicted molar refractivity (Wildman–Crippen MR) is 224 cm³/mol. The summed E-state index contributed by atoms with van der Waals surface area (Å²) in [6.45, 7) is 19.8. The summed E-state index contributed by atoms with van der Waals surface area (Å²) in [5, 5.41) is 12.2. The smallest absolute Gasteiger partial charge is 0.148 e. The molecular formula is C49H47N4OPt-. The Kier molecular flexibility index (Phi) is 9.62. The summed E-state index contributed by atoms with van der Waals surface area (Å²) in [6.07, 6.45) is 3.81. The van der Waals surface area contributed by atoms with E-state index in [1.807, 2.05) is 30.6 Å². The number of rotatable bonds is 4. The van der Waals surface area contributed by atoms with Crippen molar-refractivity contribution in [2.45, 2.75) is 78.6 Å². The number of phenolic OH excluding ortho intramolecular Hbond substituents is 1. The predicted octanol–water partition coefficient (Wildman–Crippen LogP) is 12.5. The summed E-state index contributed by atoms with van der Waals surface area (Å²) in [5.74, 6) is 0.927. The van der Waals surface area contributed by atoms with Crippen molar-refractivity contribution in [2.24, 2.45) is 4.99 Å². The number of aromatic hydroxyl groups is 1. The van der Waals surface area contributed by atoms with Gasteiger partial charge >= 0.3 is 0 Å². The molecule has 0 unspecified atom stereocenters. The topological polar surface area (TPSA) is 63.3 Å². The SMILES string of the molecule is CC(C)(C)c1cc(-c2cc(-c3ccccc3)ccn2)[c-]c(-c2ccc3c4c2nc(-c2cc(C(C)(C)C)cc(C(C)(C)C)c2O)n4-c2ccccc2C=N3)c1.[Pt]. The molecule has 1 N–H and O–H groups in total. The number of fused-ring (bicyclic) bond motifs is 2. The minimum Gasteiger partial charge on any atom is -0.507 e. The van der Waals surface area contributed by atoms with Gasteiger partial charge < -0.3 is 5.11 Å². The second-order valence-electron chi connectivity index (χ2n) is 17.6. The maximum Gasteiger partial charge on any atom is 0.148 e. The van der Waals surface area contributed by atoms with E-state index in [1.54, 1.807) is 0 Å². The van der Waals surface area contributed by atoms with Crippen molar-refractivity contribution in [1.29, 1.82) is 0 Å². The maximum absolute atomic E-state index is 12.2. The summed E-state index contributed by atoms with van der Waals surface area (Å²) >= 11 is 0. The van der Waals surface area contributed by atoms with E-state index < -0.39 is 0 Å². The van der Waals surface area contributed by atoms with Crippen LogP contribution in [0.3, 0.4) is 0 Å². The van der Waals surface area contributed by atoms with E-state index in [0.717, 1.165) is 72.6 Å². The summed E-state index contributed by atoms with van der Waals surface area (Å²) < 4.78 is 2.20. The fraction of sp³-hybridized carbons (Fsp3) is 0.245. The number of hydrogen-bond donors (Lipinski definition) is 1. The third-order valence-corrected chi connectivity index (χ3v) is 10.5. The molecule has 0 amide bonds. The maximum atomic E-state index is 12.2. The van der Waals surface area contributed by atoms with Gasteiger partial charge in [0.25, 0.3) is 0 Å². The molecule has 7 aromatic rings. The third-order valence-electron chi connectivity index (χ3n) is 10.5. The Labute approximate surface area is 339 Å². The molecule has 0 fully saturated rings. The van der Waals surface area contributed by atoms with E-state index in [9.17, 15) is 5.11 Å². The van der Waals surface area contributed by atoms with E-state index >= 15 is 0 Å². The van der Waals surface area contributed by atoms with Gasteiger partial charge in [-0.2, -0.15) is 0 Å². The molecule has 280 valence electrons. The molecule has 1 aliphatic heterocycles. The molecule has 2 aromatic heterocycles. The number of nitrogens with zero attached hydrogens (tertiary/aromatic N) is 4. The third kappa shape index (κ3) is 7.00. The van der Waals surface area contributed by atoms with Crippen LogP contribution in [0.1, 0.15) is 84.6 Å². The Morgan fingerprint density at radius 3 is 2.02 bits per heavy atom. The second kappa shape index (κ2) is 13.9. The first-order valence-corrected chi connectivity index (χ1v) is 18.8. The van der Waals surface area contributed by atoms with Crippen molar-refractivity contribution < 1.29 is 26.2 Å². The van der Waals surface area contributed by atoms with Crippen molar-refractivity contribution in [3.63, 3.8) is 0 Å². The van der Waals surface area contributed by atoms with Crippen molar-refractivity contribution in [2.75, 3.05) is 0 Å². The molecule has 0 radical (unpaired) electrons. The van der Waals surface area contributed by atoms with Crippen LogP contribution in [0.2, 0.25) is 0 Å². The molecule has 1 aliphatic rings. The standard InChI is InChI=1S/C49H47N4O.Pt/c1-47(2,3)35-24-33(23-34(25-35)41-26-31(21-22-50-41)30-15-11-10-12-16-30)37-19-20-40-44-43(37)52-46(53(44)42-18-14-13-17-32(42)29-51-40)38-27-36(48(4,5)6)28-39(45(38)54)49(7,8)9;/h10-22,24-29,54H,1-9H3;/q-1;. The molecule has 6 heteroatoms. The number of hydrogen-bond acceptors (Lipinski definition) is 4. The molecule has 0 saturated heterocycles. The molecule has 0 bridgehead atoms. The molecule has 0 atom stereocenters. The van der Waals surface area contributed by atoms with Gasteiger partial charge in [-0.15, -0.1) is 29.3 Å². The zero-order valence-corrected chi connectivity index (χ0v) is 35.3. The first-order valence-electron chi connectivity index (χ1n) is 18.8. The van der Waals surface area contributed by atoms with Gasteiger partial charge in [-0.1, -0.05) is 140 Å². The Bertz CT molecular complexity index is 2610. The van der Waals surface area contributed by atoms with Gasteiger partial charge in [0.1, 0.15) is 11.6 Å². The molecule has 5 aromatic carbocycles. The molecular weight excluding hydrogens is 856 g/mol. The van der Waals surface area contributed by atoms with Gasteiger partial charge in [-0.3, -0.25) is 14.5 Å². The van der Waals surface area contributed by atoms with E-state index in [0.29, 0.717) is 11.4 Å². The quantitative estimate of drug-likeness (QED) is 0.179. The summed E-state index contributed by atoms with van der Waals surface area (Å²) in [6, 6.07) is 39.6. The van der Waals surface area contributed by atoms with Gasteiger partial charge in [0, 0.05) is 50.3 Å². The minimum atomic E-state index is -0.299. The monoisotopic (exact) mass is 902 g/mol. The summed E-state index contributed by atoms with van der Waals surface area (Å²) in [5.41, 5.74) is 13.6. The van der Waals surface area contributed by atoms with Gasteiger partial charge in [-0.05, 0) is 57.2 Å². The minimum absolute atomic E-state index is 0. The molecule has 0 spiro atoms. The molecule has 8 rings (SSSR count). The van der Waals surface area contributed by atoms with Crippen LogP contribution in [0.25, 0.3) is 61.6 Å². The van der Waals surface area contributed by atoms with Crippen LogP contribution in [0.15, 0.2) is 114 Å². The first kappa shape index (κ1) is 38.2. The Morgan fingerprint density at radius 1 is 0.636 bits per heavy atom. The fourth-order valence-electron chi connectivity index (χ4n) is 7.32. The van der Waals surface area contributed by atoms with E-state index in [2.05, 4.69) is 158 Å². The van der Waals surface area contributed by atoms with Crippen LogP contribution >= 0.6 is 0 Å². The van der Waals surface area contributed by atoms with Crippen LogP contribution in [0.4, 0.5) is 5.69 Å². The number of imidazole rings is 1. The van der Waals surface area contributed by atoms with Crippen LogP contribution in [0.5, 0.6) is 5.75 Å². The van der Waals surface area contributed by atoms with E-state index in [-0.39, 0.29) is 43.1 Å². The Balaban J connectivity index is 0.00000465. The average molecular weight is 903 g/mol. The number of phenols is 1. The molecule has 5 nitrogen and oxygen atoms in total. The molecule has 3 heterocycles. The zero-order chi connectivity index (χ0) is 38.2. The zero-order valence-electron chi connectivity index (χ0n) is 33.0. The van der Waals surface area contributed by atoms with Crippen molar-refractivity contribution in [3.8, 4) is 56.3 Å². The summed E-state index contributed by atoms with van der Waals surface area (Å²) in [4.78, 5) is 15.4. The van der Waals surface area contributed by atoms with Crippen LogP contribution in [-0.4, -0.2) is 25.9 Å². The van der Waals surface area contributed by atoms with Gasteiger partial charge in [0.05, 0.1) is 28.0 Å². The largest absolute Gasteiger partial charge is 0.507 e. The van der Waals surface area contributed by atoms with Crippen molar-refractivity contribution in [3.05, 3.63) is 138 Å². The number of pyridine rings is 1. The molecule has 55 heavy (non-hydrogen) atoms. The van der Waals surface area contributed by atoms with Crippen LogP contribution in [0, 0.1) is 6.07 Å². The number of aliphatic imine (C=N–C) groups is 1. The van der Waals surface area contributed by atoms with Crippen LogP contribution < -0.4 is 0 Å². The Hall–Kier alpha value is -5.12. The number of benzene rings is 5. The average Bonchev–Trinajstić information content (AvgIpc) is 3.45. The van der Waals surface area contributed by atoms with E-state index in [1.165, 1.54) is 5.56 Å². The van der Waals surface area contributed by atoms with Crippen LogP contribution in [-0.2, 0) is 37.3 Å². The van der Waals surface area contributed by atoms with E-state index in [4.69, 9.17) is 15.0 Å².